The summed E-state index contributed by atoms with van der Waals surface area (Å²) in [4.78, 5) is 23.9. The summed E-state index contributed by atoms with van der Waals surface area (Å²) in [6, 6.07) is 9.54. The molecule has 3 aromatic rings. The van der Waals surface area contributed by atoms with Crippen LogP contribution in [0.2, 0.25) is 0 Å². The van der Waals surface area contributed by atoms with E-state index in [9.17, 15) is 14.0 Å². The number of carbonyl (C=O) groups excluding carboxylic acids is 1. The molecule has 1 amide bonds. The van der Waals surface area contributed by atoms with Gasteiger partial charge in [0.2, 0.25) is 0 Å². The van der Waals surface area contributed by atoms with Gasteiger partial charge in [0.15, 0.2) is 0 Å². The second-order valence-corrected chi connectivity index (χ2v) is 7.09. The number of aromatic nitrogens is 1. The van der Waals surface area contributed by atoms with Crippen LogP contribution >= 0.6 is 0 Å². The Hall–Kier alpha value is -4.05. The molecule has 0 unspecified atom stereocenters. The summed E-state index contributed by atoms with van der Waals surface area (Å²) in [5.41, 5.74) is 3.27. The van der Waals surface area contributed by atoms with Crippen molar-refractivity contribution in [1.29, 1.82) is 0 Å². The lowest BCUT2D eigenvalue weighted by Crippen LogP contribution is -2.19. The second-order valence-electron chi connectivity index (χ2n) is 7.09. The molecule has 0 atom stereocenters. The van der Waals surface area contributed by atoms with Crippen LogP contribution in [0.1, 0.15) is 11.1 Å². The quantitative estimate of drug-likeness (QED) is 0.608. The van der Waals surface area contributed by atoms with Gasteiger partial charge in [-0.2, -0.15) is 0 Å². The van der Waals surface area contributed by atoms with Gasteiger partial charge in [-0.15, -0.1) is 6.42 Å². The molecule has 0 spiro atoms. The number of terminal acetylenes is 1. The van der Waals surface area contributed by atoms with Gasteiger partial charge in [0, 0.05) is 37.1 Å². The van der Waals surface area contributed by atoms with E-state index in [4.69, 9.17) is 11.2 Å². The molecule has 0 aliphatic rings. The Bertz CT molecular complexity index is 1250. The van der Waals surface area contributed by atoms with E-state index in [1.165, 1.54) is 16.7 Å². The summed E-state index contributed by atoms with van der Waals surface area (Å²) in [5.74, 6) is 2.09. The molecule has 0 aliphatic carbocycles. The van der Waals surface area contributed by atoms with Crippen molar-refractivity contribution < 1.29 is 13.9 Å². The molecule has 0 fully saturated rings. The molecule has 0 saturated carbocycles. The van der Waals surface area contributed by atoms with Crippen molar-refractivity contribution in [3.63, 3.8) is 0 Å². The van der Waals surface area contributed by atoms with Gasteiger partial charge in [-0.1, -0.05) is 0 Å². The van der Waals surface area contributed by atoms with Crippen molar-refractivity contribution in [3.8, 4) is 35.0 Å². The summed E-state index contributed by atoms with van der Waals surface area (Å²) < 4.78 is 21.3. The Labute approximate surface area is 179 Å². The fourth-order valence-electron chi connectivity index (χ4n) is 3.30. The van der Waals surface area contributed by atoms with Crippen LogP contribution in [0.15, 0.2) is 47.4 Å². The predicted octanol–water partition coefficient (Wildman–Crippen LogP) is 4.21. The van der Waals surface area contributed by atoms with Gasteiger partial charge < -0.3 is 19.9 Å². The monoisotopic (exact) mass is 419 g/mol. The van der Waals surface area contributed by atoms with Crippen LogP contribution in [-0.2, 0) is 11.8 Å². The first-order chi connectivity index (χ1) is 14.7. The van der Waals surface area contributed by atoms with Crippen LogP contribution in [0, 0.1) is 32.0 Å². The summed E-state index contributed by atoms with van der Waals surface area (Å²) in [6.45, 7) is 3.52. The van der Waals surface area contributed by atoms with E-state index in [1.807, 2.05) is 5.92 Å². The van der Waals surface area contributed by atoms with E-state index < -0.39 is 5.91 Å². The van der Waals surface area contributed by atoms with Crippen molar-refractivity contribution in [2.45, 2.75) is 13.8 Å². The van der Waals surface area contributed by atoms with Crippen LogP contribution in [0.25, 0.3) is 11.1 Å². The molecule has 2 aromatic carbocycles. The van der Waals surface area contributed by atoms with Gasteiger partial charge in [-0.05, 0) is 67.3 Å². The van der Waals surface area contributed by atoms with Gasteiger partial charge in [-0.25, -0.2) is 4.39 Å². The number of hydrogen-bond donors (Lipinski definition) is 2. The maximum atomic E-state index is 13.7. The molecule has 0 saturated heterocycles. The number of aryl methyl sites for hydroxylation is 3. The van der Waals surface area contributed by atoms with Crippen molar-refractivity contribution in [2.75, 3.05) is 17.7 Å². The summed E-state index contributed by atoms with van der Waals surface area (Å²) in [7, 11) is 3.30. The minimum Gasteiger partial charge on any atom is -0.456 e. The van der Waals surface area contributed by atoms with Crippen molar-refractivity contribution in [2.24, 2.45) is 7.05 Å². The third-order valence-electron chi connectivity index (χ3n) is 4.77. The lowest BCUT2D eigenvalue weighted by Gasteiger charge is -2.17. The Morgan fingerprint density at radius 2 is 1.84 bits per heavy atom. The van der Waals surface area contributed by atoms with E-state index in [0.29, 0.717) is 45.1 Å². The number of anilines is 2. The zero-order valence-corrected chi connectivity index (χ0v) is 17.7. The Morgan fingerprint density at radius 1 is 1.16 bits per heavy atom. The van der Waals surface area contributed by atoms with E-state index in [1.54, 1.807) is 58.4 Å². The molecule has 0 radical (unpaired) electrons. The standard InChI is InChI=1S/C24H22FN3O3/c1-6-22(29)27-18-7-8-21(31-23-14(2)9-17(25)10-15(23)3)19(12-18)16-11-20(26-4)24(30)28(5)13-16/h1,7-13,26H,2-5H3,(H,27,29). The first-order valence-corrected chi connectivity index (χ1v) is 9.48. The normalized spacial score (nSPS) is 10.3. The van der Waals surface area contributed by atoms with Crippen LogP contribution in [0.4, 0.5) is 15.8 Å². The highest BCUT2D eigenvalue weighted by Crippen LogP contribution is 2.38. The van der Waals surface area contributed by atoms with E-state index in [-0.39, 0.29) is 11.4 Å². The molecule has 7 heteroatoms. The zero-order chi connectivity index (χ0) is 22.7. The predicted molar refractivity (Wildman–Crippen MR) is 120 cm³/mol. The molecule has 31 heavy (non-hydrogen) atoms. The van der Waals surface area contributed by atoms with E-state index in [2.05, 4.69) is 10.6 Å². The van der Waals surface area contributed by atoms with Crippen LogP contribution in [0.3, 0.4) is 0 Å². The molecule has 0 aliphatic heterocycles. The smallest absolute Gasteiger partial charge is 0.300 e. The first-order valence-electron chi connectivity index (χ1n) is 9.48. The van der Waals surface area contributed by atoms with Gasteiger partial charge in [0.1, 0.15) is 23.0 Å². The second kappa shape index (κ2) is 8.76. The molecule has 1 aromatic heterocycles. The average Bonchev–Trinajstić information content (AvgIpc) is 2.73. The number of carbonyl (C=O) groups is 1. The highest BCUT2D eigenvalue weighted by atomic mass is 19.1. The highest BCUT2D eigenvalue weighted by molar-refractivity contribution is 6.04. The maximum Gasteiger partial charge on any atom is 0.300 e. The average molecular weight is 419 g/mol. The lowest BCUT2D eigenvalue weighted by molar-refractivity contribution is -0.111. The number of nitrogens with one attached hydrogen (secondary N) is 2. The number of rotatable bonds is 5. The van der Waals surface area contributed by atoms with Crippen LogP contribution < -0.4 is 20.9 Å². The zero-order valence-electron chi connectivity index (χ0n) is 17.7. The van der Waals surface area contributed by atoms with Crippen molar-refractivity contribution in [1.82, 2.24) is 4.57 Å². The largest absolute Gasteiger partial charge is 0.456 e. The number of ether oxygens (including phenoxy) is 1. The Balaban J connectivity index is 2.19. The van der Waals surface area contributed by atoms with Gasteiger partial charge in [-0.3, -0.25) is 9.59 Å². The number of pyridine rings is 1. The first kappa shape index (κ1) is 21.7. The topological polar surface area (TPSA) is 72.4 Å². The summed E-state index contributed by atoms with van der Waals surface area (Å²) in [5, 5.41) is 5.50. The molecule has 0 bridgehead atoms. The van der Waals surface area contributed by atoms with Gasteiger partial charge in [0.05, 0.1) is 0 Å². The minimum absolute atomic E-state index is 0.185. The molecule has 2 N–H and O–H groups in total. The highest BCUT2D eigenvalue weighted by Gasteiger charge is 2.15. The van der Waals surface area contributed by atoms with Crippen molar-refractivity contribution in [3.05, 3.63) is 69.9 Å². The third kappa shape index (κ3) is 4.59. The van der Waals surface area contributed by atoms with Crippen LogP contribution in [-0.4, -0.2) is 17.5 Å². The summed E-state index contributed by atoms with van der Waals surface area (Å²) in [6.07, 6.45) is 6.83. The molecular weight excluding hydrogens is 397 g/mol. The maximum absolute atomic E-state index is 13.7. The molecular formula is C24H22FN3O3. The molecule has 158 valence electrons. The minimum atomic E-state index is -0.582. The number of benzene rings is 2. The van der Waals surface area contributed by atoms with Gasteiger partial charge >= 0.3 is 0 Å². The van der Waals surface area contributed by atoms with Crippen molar-refractivity contribution >= 4 is 17.3 Å². The SMILES string of the molecule is C#CC(=O)Nc1ccc(Oc2c(C)cc(F)cc2C)c(-c2cc(NC)c(=O)n(C)c2)c1. The Morgan fingerprint density at radius 3 is 2.45 bits per heavy atom. The number of amides is 1. The van der Waals surface area contributed by atoms with E-state index in [0.717, 1.165) is 0 Å². The van der Waals surface area contributed by atoms with E-state index >= 15 is 0 Å². The molecule has 6 nitrogen and oxygen atoms in total. The summed E-state index contributed by atoms with van der Waals surface area (Å²) >= 11 is 0. The fraction of sp³-hybridized carbons (Fsp3) is 0.167. The Kier molecular flexibility index (Phi) is 6.12. The van der Waals surface area contributed by atoms with Crippen LogP contribution in [0.5, 0.6) is 11.5 Å². The number of hydrogen-bond acceptors (Lipinski definition) is 4. The van der Waals surface area contributed by atoms with Gasteiger partial charge in [0.25, 0.3) is 11.5 Å². The third-order valence-corrected chi connectivity index (χ3v) is 4.77. The lowest BCUT2D eigenvalue weighted by atomic mass is 10.0. The molecule has 3 rings (SSSR count). The fourth-order valence-corrected chi connectivity index (χ4v) is 3.30. The number of halogens is 1. The molecule has 1 heterocycles. The number of nitrogens with zero attached hydrogens (tertiary/aromatic N) is 1.